The van der Waals surface area contributed by atoms with Gasteiger partial charge < -0.3 is 28.5 Å². The van der Waals surface area contributed by atoms with Crippen LogP contribution in [-0.2, 0) is 19.1 Å². The van der Waals surface area contributed by atoms with Crippen LogP contribution in [0, 0.1) is 5.92 Å². The summed E-state index contributed by atoms with van der Waals surface area (Å²) >= 11 is 0. The fraction of sp³-hybridized carbons (Fsp3) is 0.391. The van der Waals surface area contributed by atoms with Gasteiger partial charge in [0.2, 0.25) is 13.1 Å². The fourth-order valence-corrected chi connectivity index (χ4v) is 3.81. The highest BCUT2D eigenvalue weighted by Gasteiger charge is 2.46. The van der Waals surface area contributed by atoms with Crippen LogP contribution in [0.15, 0.2) is 47.6 Å². The molecule has 31 heavy (non-hydrogen) atoms. The largest absolute Gasteiger partial charge is 0.497 e. The molecule has 4 rings (SSSR count). The van der Waals surface area contributed by atoms with Crippen molar-refractivity contribution in [2.45, 2.75) is 26.1 Å². The van der Waals surface area contributed by atoms with Gasteiger partial charge in [-0.25, -0.2) is 0 Å². The van der Waals surface area contributed by atoms with Crippen LogP contribution in [0.1, 0.15) is 30.9 Å². The van der Waals surface area contributed by atoms with Crippen molar-refractivity contribution in [1.82, 2.24) is 0 Å². The van der Waals surface area contributed by atoms with Gasteiger partial charge in [-0.05, 0) is 55.8 Å². The first-order valence-electron chi connectivity index (χ1n) is 10.2. The molecule has 0 spiro atoms. The molecule has 3 atom stereocenters. The Morgan fingerprint density at radius 3 is 2.55 bits per heavy atom. The van der Waals surface area contributed by atoms with Crippen molar-refractivity contribution in [3.63, 3.8) is 0 Å². The molecule has 0 fully saturated rings. The molecule has 0 bridgehead atoms. The smallest absolute Gasteiger partial charge is 0.316 e. The van der Waals surface area contributed by atoms with E-state index in [0.717, 1.165) is 11.1 Å². The Hall–Kier alpha value is -3.26. The Kier molecular flexibility index (Phi) is 6.27. The Morgan fingerprint density at radius 2 is 1.84 bits per heavy atom. The predicted molar refractivity (Wildman–Crippen MR) is 111 cm³/mol. The van der Waals surface area contributed by atoms with Crippen molar-refractivity contribution in [2.75, 3.05) is 27.1 Å². The quantitative estimate of drug-likeness (QED) is 0.626. The Morgan fingerprint density at radius 1 is 1.06 bits per heavy atom. The predicted octanol–water partition coefficient (Wildman–Crippen LogP) is 3.48. The third kappa shape index (κ3) is 4.16. The van der Waals surface area contributed by atoms with Crippen LogP contribution < -0.4 is 14.2 Å². The minimum atomic E-state index is -0.762. The van der Waals surface area contributed by atoms with Crippen molar-refractivity contribution >= 4 is 11.7 Å². The zero-order valence-corrected chi connectivity index (χ0v) is 17.7. The highest BCUT2D eigenvalue weighted by molar-refractivity contribution is 6.12. The number of carbonyl (C=O) groups is 1. The van der Waals surface area contributed by atoms with E-state index in [2.05, 4.69) is 5.16 Å². The highest BCUT2D eigenvalue weighted by Crippen LogP contribution is 2.42. The van der Waals surface area contributed by atoms with E-state index in [0.29, 0.717) is 29.6 Å². The molecular formula is C23H25NO7. The molecule has 0 aliphatic carbocycles. The second-order valence-corrected chi connectivity index (χ2v) is 7.00. The van der Waals surface area contributed by atoms with E-state index in [1.54, 1.807) is 14.0 Å². The lowest BCUT2D eigenvalue weighted by molar-refractivity contribution is -0.177. The van der Waals surface area contributed by atoms with Gasteiger partial charge in [-0.2, -0.15) is 0 Å². The molecule has 2 heterocycles. The van der Waals surface area contributed by atoms with E-state index in [1.807, 2.05) is 49.4 Å². The zero-order valence-electron chi connectivity index (χ0n) is 17.7. The first-order valence-corrected chi connectivity index (χ1v) is 10.2. The lowest BCUT2D eigenvalue weighted by atomic mass is 9.79. The molecule has 0 aromatic heterocycles. The molecule has 2 aliphatic rings. The van der Waals surface area contributed by atoms with E-state index in [1.165, 1.54) is 0 Å². The molecule has 0 amide bonds. The summed E-state index contributed by atoms with van der Waals surface area (Å²) in [5.41, 5.74) is 2.01. The molecule has 0 saturated heterocycles. The Bertz CT molecular complexity index is 957. The first kappa shape index (κ1) is 21.0. The molecule has 8 heteroatoms. The Balaban J connectivity index is 1.79. The van der Waals surface area contributed by atoms with Crippen LogP contribution in [0.25, 0.3) is 0 Å². The van der Waals surface area contributed by atoms with Gasteiger partial charge in [0.25, 0.3) is 0 Å². The summed E-state index contributed by atoms with van der Waals surface area (Å²) in [6.45, 7) is 4.45. The van der Waals surface area contributed by atoms with Crippen LogP contribution in [0.2, 0.25) is 0 Å². The minimum absolute atomic E-state index is 0.161. The molecule has 0 saturated carbocycles. The van der Waals surface area contributed by atoms with E-state index in [4.69, 9.17) is 28.5 Å². The maximum absolute atomic E-state index is 13.2. The molecule has 8 nitrogen and oxygen atoms in total. The number of ether oxygens (including phenoxy) is 5. The van der Waals surface area contributed by atoms with Crippen LogP contribution in [0.4, 0.5) is 0 Å². The van der Waals surface area contributed by atoms with Crippen molar-refractivity contribution in [3.05, 3.63) is 53.6 Å². The monoisotopic (exact) mass is 427 g/mol. The number of esters is 1. The van der Waals surface area contributed by atoms with Crippen molar-refractivity contribution in [3.8, 4) is 17.2 Å². The van der Waals surface area contributed by atoms with Crippen molar-refractivity contribution < 1.29 is 33.3 Å². The molecule has 0 N–H and O–H groups in total. The summed E-state index contributed by atoms with van der Waals surface area (Å²) in [5.74, 6) is 0.345. The van der Waals surface area contributed by atoms with Crippen LogP contribution in [0.3, 0.4) is 0 Å². The average Bonchev–Trinajstić information content (AvgIpc) is 3.27. The number of methoxy groups -OCH3 is 1. The van der Waals surface area contributed by atoms with Gasteiger partial charge in [0.1, 0.15) is 17.4 Å². The summed E-state index contributed by atoms with van der Waals surface area (Å²) in [4.78, 5) is 18.9. The number of fused-ring (bicyclic) bond motifs is 1. The summed E-state index contributed by atoms with van der Waals surface area (Å²) in [7, 11) is 1.60. The van der Waals surface area contributed by atoms with Crippen LogP contribution in [-0.4, -0.2) is 45.1 Å². The average molecular weight is 427 g/mol. The Labute approximate surface area is 180 Å². The summed E-state index contributed by atoms with van der Waals surface area (Å²) < 4.78 is 27.5. The van der Waals surface area contributed by atoms with E-state index in [9.17, 15) is 4.79 Å². The van der Waals surface area contributed by atoms with E-state index >= 15 is 0 Å². The molecule has 164 valence electrons. The summed E-state index contributed by atoms with van der Waals surface area (Å²) in [6.07, 6.45) is -0.762. The number of benzene rings is 2. The second-order valence-electron chi connectivity index (χ2n) is 7.00. The zero-order chi connectivity index (χ0) is 21.8. The first-order chi connectivity index (χ1) is 15.2. The summed E-state index contributed by atoms with van der Waals surface area (Å²) in [6, 6.07) is 12.9. The highest BCUT2D eigenvalue weighted by atomic mass is 16.8. The maximum Gasteiger partial charge on any atom is 0.316 e. The number of nitrogens with zero attached hydrogens (tertiary/aromatic N) is 1. The topological polar surface area (TPSA) is 84.8 Å². The van der Waals surface area contributed by atoms with E-state index < -0.39 is 24.1 Å². The molecular weight excluding hydrogens is 402 g/mol. The fourth-order valence-electron chi connectivity index (χ4n) is 3.81. The van der Waals surface area contributed by atoms with Gasteiger partial charge in [-0.1, -0.05) is 11.2 Å². The number of hydrogen-bond acceptors (Lipinski definition) is 8. The van der Waals surface area contributed by atoms with Gasteiger partial charge in [0, 0.05) is 12.2 Å². The second kappa shape index (κ2) is 9.26. The van der Waals surface area contributed by atoms with Gasteiger partial charge in [-0.3, -0.25) is 4.79 Å². The molecule has 0 unspecified atom stereocenters. The third-order valence-corrected chi connectivity index (χ3v) is 5.24. The van der Waals surface area contributed by atoms with Gasteiger partial charge in [0.15, 0.2) is 11.5 Å². The third-order valence-electron chi connectivity index (χ3n) is 5.24. The van der Waals surface area contributed by atoms with Gasteiger partial charge in [-0.15, -0.1) is 0 Å². The molecule has 0 radical (unpaired) electrons. The molecule has 2 aromatic carbocycles. The van der Waals surface area contributed by atoms with Gasteiger partial charge >= 0.3 is 5.97 Å². The molecule has 2 aliphatic heterocycles. The minimum Gasteiger partial charge on any atom is -0.497 e. The van der Waals surface area contributed by atoms with Crippen molar-refractivity contribution in [1.29, 1.82) is 0 Å². The van der Waals surface area contributed by atoms with Crippen LogP contribution >= 0.6 is 0 Å². The normalized spacial score (nSPS) is 21.8. The SMILES string of the molecule is CCOC(=O)[C@H]1C(c2ccc(OC)cc2)=NO[C@@H](OCC)[C@@H]1c1ccc2c(c1)OCO2. The van der Waals surface area contributed by atoms with Crippen molar-refractivity contribution in [2.24, 2.45) is 11.1 Å². The van der Waals surface area contributed by atoms with E-state index in [-0.39, 0.29) is 13.4 Å². The van der Waals surface area contributed by atoms with Gasteiger partial charge in [0.05, 0.1) is 19.6 Å². The number of oxime groups is 1. The lowest BCUT2D eigenvalue weighted by Gasteiger charge is -2.35. The number of hydrogen-bond donors (Lipinski definition) is 0. The summed E-state index contributed by atoms with van der Waals surface area (Å²) in [5, 5.41) is 4.28. The molecule has 2 aromatic rings. The number of carbonyl (C=O) groups excluding carboxylic acids is 1. The maximum atomic E-state index is 13.2. The standard InChI is InChI=1S/C23H25NO7/c1-4-27-22(25)20-19(15-8-11-17-18(12-15)30-13-29-17)23(28-5-2)31-24-21(20)14-6-9-16(26-3)10-7-14/h6-12,19-20,23H,4-5,13H2,1-3H3/t19-,20-,23-/m1/s1. The number of rotatable bonds is 7. The lowest BCUT2D eigenvalue weighted by Crippen LogP contribution is -2.43. The van der Waals surface area contributed by atoms with Crippen LogP contribution in [0.5, 0.6) is 17.2 Å².